The minimum absolute atomic E-state index is 0.221. The van der Waals surface area contributed by atoms with Gasteiger partial charge in [0.2, 0.25) is 0 Å². The molecule has 0 bridgehead atoms. The highest BCUT2D eigenvalue weighted by molar-refractivity contribution is 6.14. The fourth-order valence-corrected chi connectivity index (χ4v) is 4.83. The highest BCUT2D eigenvalue weighted by Gasteiger charge is 2.29. The molecule has 0 unspecified atom stereocenters. The molecule has 3 rings (SSSR count). The lowest BCUT2D eigenvalue weighted by molar-refractivity contribution is 0.0650. The van der Waals surface area contributed by atoms with Crippen LogP contribution in [0.25, 0.3) is 22.3 Å². The number of hydrogen-bond donors (Lipinski definition) is 2. The fraction of sp³-hybridized carbons (Fsp3) is 0.121. The summed E-state index contributed by atoms with van der Waals surface area (Å²) in [6, 6.07) is 16.0. The van der Waals surface area contributed by atoms with Gasteiger partial charge in [0.15, 0.2) is 6.29 Å². The van der Waals surface area contributed by atoms with Crippen LogP contribution in [0.15, 0.2) is 105 Å². The Morgan fingerprint density at radius 1 is 0.675 bits per heavy atom. The lowest BCUT2D eigenvalue weighted by Crippen LogP contribution is -2.24. The van der Waals surface area contributed by atoms with E-state index in [1.54, 1.807) is 36.4 Å². The third-order valence-electron chi connectivity index (χ3n) is 6.38. The summed E-state index contributed by atoms with van der Waals surface area (Å²) in [5.41, 5.74) is 2.09. The molecule has 0 amide bonds. The predicted octanol–water partition coefficient (Wildman–Crippen LogP) is 6.59. The van der Waals surface area contributed by atoms with Crippen molar-refractivity contribution in [2.45, 2.75) is 0 Å². The fourth-order valence-electron chi connectivity index (χ4n) is 4.83. The molecule has 0 aromatic heterocycles. The molecule has 0 heterocycles. The number of carboxylic acid groups (broad SMARTS) is 2. The summed E-state index contributed by atoms with van der Waals surface area (Å²) in [5.74, 6) is -2.96. The molecule has 0 saturated carbocycles. The third kappa shape index (κ3) is 5.94. The number of rotatable bonds is 15. The molecule has 0 fully saturated rings. The molecule has 0 aliphatic carbocycles. The van der Waals surface area contributed by atoms with E-state index in [4.69, 9.17) is 0 Å². The molecule has 0 radical (unpaired) electrons. The largest absolute Gasteiger partial charge is 0.478 e. The van der Waals surface area contributed by atoms with Crippen molar-refractivity contribution in [2.75, 3.05) is 36.0 Å². The zero-order chi connectivity index (χ0) is 29.2. The van der Waals surface area contributed by atoms with Crippen molar-refractivity contribution in [2.24, 2.45) is 0 Å². The van der Waals surface area contributed by atoms with Crippen LogP contribution in [0.1, 0.15) is 31.1 Å². The Balaban J connectivity index is 2.58. The average molecular weight is 537 g/mol. The number of carbonyl (C=O) groups excluding carboxylic acids is 1. The van der Waals surface area contributed by atoms with Crippen LogP contribution in [-0.2, 0) is 0 Å². The topological polar surface area (TPSA) is 98.1 Å². The van der Waals surface area contributed by atoms with Crippen LogP contribution >= 0.6 is 0 Å². The Morgan fingerprint density at radius 3 is 1.55 bits per heavy atom. The number of nitrogens with zero attached hydrogens (tertiary/aromatic N) is 2. The molecule has 40 heavy (non-hydrogen) atoms. The van der Waals surface area contributed by atoms with E-state index in [9.17, 15) is 24.6 Å². The van der Waals surface area contributed by atoms with Gasteiger partial charge in [-0.1, -0.05) is 60.7 Å². The first-order chi connectivity index (χ1) is 19.3. The maximum absolute atomic E-state index is 12.7. The van der Waals surface area contributed by atoms with Crippen molar-refractivity contribution in [3.8, 4) is 22.3 Å². The van der Waals surface area contributed by atoms with Crippen LogP contribution in [0.2, 0.25) is 0 Å². The second kappa shape index (κ2) is 13.6. The van der Waals surface area contributed by atoms with E-state index in [-0.39, 0.29) is 5.56 Å². The summed E-state index contributed by atoms with van der Waals surface area (Å²) < 4.78 is 0. The first kappa shape index (κ1) is 29.4. The molecule has 3 aromatic carbocycles. The monoisotopic (exact) mass is 536 g/mol. The van der Waals surface area contributed by atoms with Gasteiger partial charge in [-0.2, -0.15) is 0 Å². The van der Waals surface area contributed by atoms with Gasteiger partial charge in [-0.15, -0.1) is 26.3 Å². The highest BCUT2D eigenvalue weighted by atomic mass is 16.4. The molecule has 0 aliphatic heterocycles. The first-order valence-corrected chi connectivity index (χ1v) is 12.6. The van der Waals surface area contributed by atoms with E-state index in [1.165, 1.54) is 6.07 Å². The van der Waals surface area contributed by atoms with Crippen molar-refractivity contribution in [3.63, 3.8) is 0 Å². The van der Waals surface area contributed by atoms with Gasteiger partial charge in [0, 0.05) is 59.8 Å². The Kier molecular flexibility index (Phi) is 9.97. The SMILES string of the molecule is C=CCN(CC=C)c1ccccc1-c1cc(C(=O)O)c(C(=O)O)c(C=O)c1-c1ccccc1N(CC=C)CC=C. The second-order valence-corrected chi connectivity index (χ2v) is 8.86. The maximum Gasteiger partial charge on any atom is 0.337 e. The van der Waals surface area contributed by atoms with Crippen molar-refractivity contribution in [1.82, 2.24) is 0 Å². The molecule has 0 saturated heterocycles. The van der Waals surface area contributed by atoms with Gasteiger partial charge in [0.05, 0.1) is 11.1 Å². The average Bonchev–Trinajstić information content (AvgIpc) is 2.95. The van der Waals surface area contributed by atoms with Crippen LogP contribution in [0.3, 0.4) is 0 Å². The zero-order valence-corrected chi connectivity index (χ0v) is 22.3. The number of aldehydes is 1. The van der Waals surface area contributed by atoms with Gasteiger partial charge in [-0.3, -0.25) is 4.79 Å². The number of benzene rings is 3. The minimum atomic E-state index is -1.51. The van der Waals surface area contributed by atoms with Gasteiger partial charge in [-0.25, -0.2) is 9.59 Å². The lowest BCUT2D eigenvalue weighted by Gasteiger charge is -2.29. The summed E-state index contributed by atoms with van der Waals surface area (Å²) in [7, 11) is 0. The van der Waals surface area contributed by atoms with Crippen molar-refractivity contribution in [1.29, 1.82) is 0 Å². The summed E-state index contributed by atoms with van der Waals surface area (Å²) in [4.78, 5) is 41.4. The van der Waals surface area contributed by atoms with E-state index in [2.05, 4.69) is 26.3 Å². The number of para-hydroxylation sites is 2. The Hall–Kier alpha value is -5.17. The van der Waals surface area contributed by atoms with Crippen molar-refractivity contribution < 1.29 is 24.6 Å². The molecule has 7 nitrogen and oxygen atoms in total. The van der Waals surface area contributed by atoms with Gasteiger partial charge >= 0.3 is 11.9 Å². The zero-order valence-electron chi connectivity index (χ0n) is 22.3. The number of aromatic carboxylic acids is 2. The van der Waals surface area contributed by atoms with Crippen LogP contribution < -0.4 is 9.80 Å². The van der Waals surface area contributed by atoms with Crippen molar-refractivity contribution in [3.05, 3.63) is 122 Å². The van der Waals surface area contributed by atoms with E-state index in [0.717, 1.165) is 5.69 Å². The number of carboxylic acids is 2. The number of hydrogen-bond acceptors (Lipinski definition) is 5. The van der Waals surface area contributed by atoms with E-state index >= 15 is 0 Å². The lowest BCUT2D eigenvalue weighted by atomic mass is 9.84. The molecular weight excluding hydrogens is 504 g/mol. The molecule has 3 aromatic rings. The molecule has 2 N–H and O–H groups in total. The molecule has 0 spiro atoms. The standard InChI is InChI=1S/C33H32N2O5/c1-5-17-34(18-6-2)28-15-11-9-13-23(28)25-21-26(32(37)38)31(33(39)40)27(22-36)30(25)24-14-10-12-16-29(24)35(19-7-3)20-8-4/h5-16,21-22H,1-4,17-20H2,(H,37,38)(H,39,40). The van der Waals surface area contributed by atoms with Gasteiger partial charge in [0.25, 0.3) is 0 Å². The minimum Gasteiger partial charge on any atom is -0.478 e. The third-order valence-corrected chi connectivity index (χ3v) is 6.38. The van der Waals surface area contributed by atoms with Crippen molar-refractivity contribution >= 4 is 29.6 Å². The molecule has 204 valence electrons. The van der Waals surface area contributed by atoms with E-state index in [0.29, 0.717) is 60.4 Å². The normalized spacial score (nSPS) is 10.3. The van der Waals surface area contributed by atoms with Gasteiger partial charge in [0.1, 0.15) is 0 Å². The first-order valence-electron chi connectivity index (χ1n) is 12.6. The van der Waals surface area contributed by atoms with Gasteiger partial charge in [-0.05, 0) is 23.8 Å². The van der Waals surface area contributed by atoms with E-state index in [1.807, 2.05) is 46.2 Å². The van der Waals surface area contributed by atoms with Crippen LogP contribution in [-0.4, -0.2) is 54.6 Å². The smallest absolute Gasteiger partial charge is 0.337 e. The molecule has 0 atom stereocenters. The number of anilines is 2. The Morgan fingerprint density at radius 2 is 1.12 bits per heavy atom. The van der Waals surface area contributed by atoms with Crippen LogP contribution in [0, 0.1) is 0 Å². The van der Waals surface area contributed by atoms with Gasteiger partial charge < -0.3 is 20.0 Å². The summed E-state index contributed by atoms with van der Waals surface area (Å²) in [6.45, 7) is 17.3. The summed E-state index contributed by atoms with van der Waals surface area (Å²) >= 11 is 0. The summed E-state index contributed by atoms with van der Waals surface area (Å²) in [5, 5.41) is 20.1. The molecule has 7 heteroatoms. The molecular formula is C33H32N2O5. The highest BCUT2D eigenvalue weighted by Crippen LogP contribution is 2.44. The summed E-state index contributed by atoms with van der Waals surface area (Å²) in [6.07, 6.45) is 7.37. The second-order valence-electron chi connectivity index (χ2n) is 8.86. The maximum atomic E-state index is 12.7. The quantitative estimate of drug-likeness (QED) is 0.167. The Labute approximate surface area is 234 Å². The van der Waals surface area contributed by atoms with E-state index < -0.39 is 23.1 Å². The van der Waals surface area contributed by atoms with Crippen LogP contribution in [0.4, 0.5) is 11.4 Å². The van der Waals surface area contributed by atoms with Crippen LogP contribution in [0.5, 0.6) is 0 Å². The predicted molar refractivity (Wildman–Crippen MR) is 162 cm³/mol. The molecule has 0 aliphatic rings. The number of carbonyl (C=O) groups is 3. The Bertz CT molecular complexity index is 1450.